The summed E-state index contributed by atoms with van der Waals surface area (Å²) in [5.41, 5.74) is 6.90. The Labute approximate surface area is 96.9 Å². The van der Waals surface area contributed by atoms with Crippen LogP contribution in [0.5, 0.6) is 0 Å². The molecule has 5 heteroatoms. The van der Waals surface area contributed by atoms with Gasteiger partial charge in [-0.25, -0.2) is 13.1 Å². The first-order valence-electron chi connectivity index (χ1n) is 5.21. The molecule has 90 valence electrons. The molecule has 0 spiro atoms. The van der Waals surface area contributed by atoms with Crippen LogP contribution in [0.2, 0.25) is 0 Å². The summed E-state index contributed by atoms with van der Waals surface area (Å²) in [6.45, 7) is 4.40. The summed E-state index contributed by atoms with van der Waals surface area (Å²) >= 11 is 0. The summed E-state index contributed by atoms with van der Waals surface area (Å²) in [6.07, 6.45) is 0. The highest BCUT2D eigenvalue weighted by atomic mass is 32.2. The van der Waals surface area contributed by atoms with Crippen molar-refractivity contribution in [2.45, 2.75) is 19.6 Å². The van der Waals surface area contributed by atoms with E-state index in [0.717, 1.165) is 5.56 Å². The van der Waals surface area contributed by atoms with Crippen molar-refractivity contribution in [1.82, 2.24) is 4.72 Å². The van der Waals surface area contributed by atoms with Crippen LogP contribution >= 0.6 is 0 Å². The Balaban J connectivity index is 2.62. The lowest BCUT2D eigenvalue weighted by atomic mass is 10.2. The zero-order chi connectivity index (χ0) is 12.2. The smallest absolute Gasteiger partial charge is 0.215 e. The summed E-state index contributed by atoms with van der Waals surface area (Å²) in [7, 11) is -3.23. The van der Waals surface area contributed by atoms with E-state index in [-0.39, 0.29) is 5.75 Å². The average molecular weight is 242 g/mol. The van der Waals surface area contributed by atoms with Gasteiger partial charge in [0.1, 0.15) is 0 Å². The largest absolute Gasteiger partial charge is 0.399 e. The number of anilines is 1. The van der Waals surface area contributed by atoms with Gasteiger partial charge in [0.05, 0.1) is 5.75 Å². The Bertz CT molecular complexity index is 424. The van der Waals surface area contributed by atoms with Crippen molar-refractivity contribution in [1.29, 1.82) is 0 Å². The number of benzene rings is 1. The van der Waals surface area contributed by atoms with Gasteiger partial charge < -0.3 is 5.73 Å². The molecule has 1 aromatic carbocycles. The molecule has 4 nitrogen and oxygen atoms in total. The minimum atomic E-state index is -3.23. The Kier molecular flexibility index (Phi) is 4.32. The van der Waals surface area contributed by atoms with Crippen LogP contribution in [0, 0.1) is 5.92 Å². The van der Waals surface area contributed by atoms with Crippen LogP contribution in [-0.2, 0) is 15.8 Å². The van der Waals surface area contributed by atoms with Crippen LogP contribution in [0.3, 0.4) is 0 Å². The van der Waals surface area contributed by atoms with Crippen molar-refractivity contribution in [3.63, 3.8) is 0 Å². The number of nitrogens with one attached hydrogen (secondary N) is 1. The minimum absolute atomic E-state index is 0.000000000000000222. The fourth-order valence-corrected chi connectivity index (χ4v) is 2.50. The topological polar surface area (TPSA) is 72.2 Å². The van der Waals surface area contributed by atoms with E-state index in [2.05, 4.69) is 4.72 Å². The molecule has 1 aromatic rings. The minimum Gasteiger partial charge on any atom is -0.399 e. The van der Waals surface area contributed by atoms with Crippen molar-refractivity contribution in [2.75, 3.05) is 12.3 Å². The van der Waals surface area contributed by atoms with E-state index in [1.54, 1.807) is 24.3 Å². The van der Waals surface area contributed by atoms with Gasteiger partial charge in [0, 0.05) is 12.2 Å². The molecule has 0 aromatic heterocycles. The van der Waals surface area contributed by atoms with Gasteiger partial charge in [-0.3, -0.25) is 0 Å². The van der Waals surface area contributed by atoms with E-state index in [0.29, 0.717) is 18.2 Å². The Morgan fingerprint density at radius 3 is 2.31 bits per heavy atom. The first-order valence-corrected chi connectivity index (χ1v) is 6.86. The molecule has 0 heterocycles. The maximum absolute atomic E-state index is 11.6. The number of nitrogen functional groups attached to an aromatic ring is 1. The highest BCUT2D eigenvalue weighted by molar-refractivity contribution is 7.88. The molecule has 0 unspecified atom stereocenters. The summed E-state index contributed by atoms with van der Waals surface area (Å²) in [4.78, 5) is 0. The third-order valence-electron chi connectivity index (χ3n) is 2.05. The number of hydrogen-bond acceptors (Lipinski definition) is 3. The van der Waals surface area contributed by atoms with E-state index in [1.165, 1.54) is 0 Å². The van der Waals surface area contributed by atoms with E-state index < -0.39 is 10.0 Å². The first-order chi connectivity index (χ1) is 7.39. The quantitative estimate of drug-likeness (QED) is 0.765. The molecule has 0 atom stereocenters. The zero-order valence-electron chi connectivity index (χ0n) is 9.60. The van der Waals surface area contributed by atoms with Gasteiger partial charge in [0.2, 0.25) is 10.0 Å². The molecule has 0 radical (unpaired) electrons. The summed E-state index contributed by atoms with van der Waals surface area (Å²) in [6, 6.07) is 6.86. The van der Waals surface area contributed by atoms with Crippen molar-refractivity contribution < 1.29 is 8.42 Å². The lowest BCUT2D eigenvalue weighted by Gasteiger charge is -2.08. The van der Waals surface area contributed by atoms with E-state index in [4.69, 9.17) is 5.73 Å². The molecule has 0 bridgehead atoms. The molecule has 0 fully saturated rings. The second kappa shape index (κ2) is 5.32. The van der Waals surface area contributed by atoms with Crippen LogP contribution < -0.4 is 10.5 Å². The third kappa shape index (κ3) is 4.63. The maximum Gasteiger partial charge on any atom is 0.215 e. The fraction of sp³-hybridized carbons (Fsp3) is 0.455. The zero-order valence-corrected chi connectivity index (χ0v) is 10.4. The molecule has 0 amide bonds. The van der Waals surface area contributed by atoms with Crippen LogP contribution in [0.25, 0.3) is 0 Å². The lowest BCUT2D eigenvalue weighted by Crippen LogP contribution is -2.28. The van der Waals surface area contributed by atoms with Gasteiger partial charge in [-0.15, -0.1) is 0 Å². The van der Waals surface area contributed by atoms with Gasteiger partial charge in [-0.05, 0) is 23.6 Å². The molecular formula is C11H18N2O2S. The predicted molar refractivity (Wildman–Crippen MR) is 66.3 cm³/mol. The Hall–Kier alpha value is -1.07. The van der Waals surface area contributed by atoms with E-state index >= 15 is 0 Å². The van der Waals surface area contributed by atoms with Crippen molar-refractivity contribution in [3.8, 4) is 0 Å². The standard InChI is InChI=1S/C11H18N2O2S/c1-9(2)7-13-16(14,15)8-10-3-5-11(12)6-4-10/h3-6,9,13H,7-8,12H2,1-2H3. The van der Waals surface area contributed by atoms with Gasteiger partial charge in [-0.1, -0.05) is 26.0 Å². The average Bonchev–Trinajstić information content (AvgIpc) is 2.19. The molecule has 16 heavy (non-hydrogen) atoms. The van der Waals surface area contributed by atoms with Crippen LogP contribution in [0.15, 0.2) is 24.3 Å². The molecule has 0 saturated heterocycles. The number of rotatable bonds is 5. The molecule has 0 aliphatic rings. The second-order valence-electron chi connectivity index (χ2n) is 4.24. The van der Waals surface area contributed by atoms with Crippen molar-refractivity contribution in [3.05, 3.63) is 29.8 Å². The summed E-state index contributed by atoms with van der Waals surface area (Å²) < 4.78 is 25.9. The molecule has 0 aliphatic heterocycles. The van der Waals surface area contributed by atoms with Crippen molar-refractivity contribution in [2.24, 2.45) is 5.92 Å². The molecular weight excluding hydrogens is 224 g/mol. The number of hydrogen-bond donors (Lipinski definition) is 2. The SMILES string of the molecule is CC(C)CNS(=O)(=O)Cc1ccc(N)cc1. The molecule has 0 aliphatic carbocycles. The maximum atomic E-state index is 11.6. The third-order valence-corrected chi connectivity index (χ3v) is 3.37. The molecule has 0 saturated carbocycles. The summed E-state index contributed by atoms with van der Waals surface area (Å²) in [5, 5.41) is 0. The second-order valence-corrected chi connectivity index (χ2v) is 6.05. The van der Waals surface area contributed by atoms with Crippen LogP contribution in [0.1, 0.15) is 19.4 Å². The van der Waals surface area contributed by atoms with Gasteiger partial charge >= 0.3 is 0 Å². The van der Waals surface area contributed by atoms with Crippen LogP contribution in [-0.4, -0.2) is 15.0 Å². The van der Waals surface area contributed by atoms with E-state index in [9.17, 15) is 8.42 Å². The molecule has 3 N–H and O–H groups in total. The monoisotopic (exact) mass is 242 g/mol. The number of nitrogens with two attached hydrogens (primary N) is 1. The highest BCUT2D eigenvalue weighted by Crippen LogP contribution is 2.08. The molecule has 1 rings (SSSR count). The van der Waals surface area contributed by atoms with Crippen molar-refractivity contribution >= 4 is 15.7 Å². The van der Waals surface area contributed by atoms with Gasteiger partial charge in [-0.2, -0.15) is 0 Å². The fourth-order valence-electron chi connectivity index (χ4n) is 1.18. The first kappa shape index (κ1) is 13.0. The number of sulfonamides is 1. The highest BCUT2D eigenvalue weighted by Gasteiger charge is 2.11. The predicted octanol–water partition coefficient (Wildman–Crippen LogP) is 1.34. The summed E-state index contributed by atoms with van der Waals surface area (Å²) in [5.74, 6) is 0.307. The van der Waals surface area contributed by atoms with E-state index in [1.807, 2.05) is 13.8 Å². The normalized spacial score (nSPS) is 11.9. The Morgan fingerprint density at radius 2 is 1.81 bits per heavy atom. The van der Waals surface area contributed by atoms with Crippen LogP contribution in [0.4, 0.5) is 5.69 Å². The van der Waals surface area contributed by atoms with Gasteiger partial charge in [0.25, 0.3) is 0 Å². The Morgan fingerprint density at radius 1 is 1.25 bits per heavy atom. The van der Waals surface area contributed by atoms with Gasteiger partial charge in [0.15, 0.2) is 0 Å². The lowest BCUT2D eigenvalue weighted by molar-refractivity contribution is 0.559.